The minimum absolute atomic E-state index is 0.175. The number of aromatic amines is 1. The van der Waals surface area contributed by atoms with E-state index in [4.69, 9.17) is 4.52 Å². The lowest BCUT2D eigenvalue weighted by atomic mass is 10.1. The van der Waals surface area contributed by atoms with Gasteiger partial charge in [0, 0.05) is 29.9 Å². The Labute approximate surface area is 157 Å². The number of benzene rings is 1. The number of amides is 1. The molecule has 0 unspecified atom stereocenters. The molecule has 136 valence electrons. The van der Waals surface area contributed by atoms with Crippen LogP contribution in [0.1, 0.15) is 17.9 Å². The maximum absolute atomic E-state index is 12.3. The normalized spacial score (nSPS) is 11.0. The highest BCUT2D eigenvalue weighted by Gasteiger charge is 2.14. The van der Waals surface area contributed by atoms with E-state index in [-0.39, 0.29) is 30.1 Å². The predicted octanol–water partition coefficient (Wildman–Crippen LogP) is 2.91. The second kappa shape index (κ2) is 7.12. The van der Waals surface area contributed by atoms with E-state index in [1.807, 2.05) is 25.1 Å². The fraction of sp³-hybridized carbons (Fsp3) is 0.167. The smallest absolute Gasteiger partial charge is 0.259 e. The summed E-state index contributed by atoms with van der Waals surface area (Å²) in [5, 5.41) is 9.78. The topological polar surface area (TPSA) is 114 Å². The molecule has 0 radical (unpaired) electrons. The quantitative estimate of drug-likeness (QED) is 0.549. The van der Waals surface area contributed by atoms with Gasteiger partial charge < -0.3 is 14.8 Å². The number of anilines is 1. The van der Waals surface area contributed by atoms with Crippen molar-refractivity contribution in [1.29, 1.82) is 0 Å². The van der Waals surface area contributed by atoms with Crippen LogP contribution in [0.15, 0.2) is 45.2 Å². The molecular formula is C18H15N5O3S. The molecule has 0 bridgehead atoms. The van der Waals surface area contributed by atoms with Crippen LogP contribution in [-0.2, 0) is 11.2 Å². The number of pyridine rings is 1. The summed E-state index contributed by atoms with van der Waals surface area (Å²) in [6, 6.07) is 7.50. The molecule has 0 spiro atoms. The minimum atomic E-state index is -0.291. The van der Waals surface area contributed by atoms with Crippen LogP contribution in [0.2, 0.25) is 0 Å². The van der Waals surface area contributed by atoms with E-state index in [9.17, 15) is 9.59 Å². The molecule has 4 rings (SSSR count). The monoisotopic (exact) mass is 381 g/mol. The molecule has 8 nitrogen and oxygen atoms in total. The highest BCUT2D eigenvalue weighted by molar-refractivity contribution is 7.13. The van der Waals surface area contributed by atoms with Crippen molar-refractivity contribution in [3.05, 3.63) is 57.7 Å². The maximum Gasteiger partial charge on any atom is 0.259 e. The molecule has 0 aliphatic carbocycles. The molecule has 9 heteroatoms. The van der Waals surface area contributed by atoms with Gasteiger partial charge in [-0.15, -0.1) is 11.3 Å². The Morgan fingerprint density at radius 1 is 1.33 bits per heavy atom. The molecule has 0 aliphatic rings. The van der Waals surface area contributed by atoms with Crippen molar-refractivity contribution in [2.24, 2.45) is 0 Å². The van der Waals surface area contributed by atoms with Gasteiger partial charge in [0.2, 0.25) is 17.6 Å². The number of hydrogen-bond donors (Lipinski definition) is 2. The molecule has 0 atom stereocenters. The van der Waals surface area contributed by atoms with Gasteiger partial charge in [0.25, 0.3) is 5.56 Å². The van der Waals surface area contributed by atoms with Crippen molar-refractivity contribution < 1.29 is 9.32 Å². The molecule has 1 amide bonds. The average molecular weight is 381 g/mol. The average Bonchev–Trinajstić information content (AvgIpc) is 3.31. The van der Waals surface area contributed by atoms with Crippen molar-refractivity contribution in [3.63, 3.8) is 0 Å². The van der Waals surface area contributed by atoms with Crippen LogP contribution < -0.4 is 10.9 Å². The van der Waals surface area contributed by atoms with Crippen LogP contribution in [0.5, 0.6) is 0 Å². The van der Waals surface area contributed by atoms with Crippen LogP contribution >= 0.6 is 11.3 Å². The first-order valence-corrected chi connectivity index (χ1v) is 9.12. The number of hydrogen-bond acceptors (Lipinski definition) is 7. The van der Waals surface area contributed by atoms with Crippen molar-refractivity contribution in [2.45, 2.75) is 19.8 Å². The van der Waals surface area contributed by atoms with E-state index < -0.39 is 0 Å². The zero-order chi connectivity index (χ0) is 18.8. The van der Waals surface area contributed by atoms with Gasteiger partial charge in [-0.2, -0.15) is 4.98 Å². The predicted molar refractivity (Wildman–Crippen MR) is 102 cm³/mol. The van der Waals surface area contributed by atoms with Gasteiger partial charge >= 0.3 is 0 Å². The second-order valence-electron chi connectivity index (χ2n) is 6.00. The van der Waals surface area contributed by atoms with E-state index in [2.05, 4.69) is 25.4 Å². The number of rotatable bonds is 5. The number of aryl methyl sites for hydroxylation is 2. The van der Waals surface area contributed by atoms with E-state index in [0.29, 0.717) is 16.6 Å². The first kappa shape index (κ1) is 17.1. The summed E-state index contributed by atoms with van der Waals surface area (Å²) in [4.78, 5) is 35.3. The van der Waals surface area contributed by atoms with Crippen molar-refractivity contribution in [2.75, 3.05) is 5.32 Å². The molecule has 0 aliphatic heterocycles. The van der Waals surface area contributed by atoms with Gasteiger partial charge in [-0.05, 0) is 30.5 Å². The molecule has 0 saturated heterocycles. The van der Waals surface area contributed by atoms with E-state index >= 15 is 0 Å². The van der Waals surface area contributed by atoms with Gasteiger partial charge in [-0.25, -0.2) is 4.98 Å². The van der Waals surface area contributed by atoms with Gasteiger partial charge in [-0.3, -0.25) is 9.59 Å². The Balaban J connectivity index is 1.50. The van der Waals surface area contributed by atoms with E-state index in [1.54, 1.807) is 17.6 Å². The highest BCUT2D eigenvalue weighted by atomic mass is 32.1. The van der Waals surface area contributed by atoms with E-state index in [1.165, 1.54) is 11.3 Å². The summed E-state index contributed by atoms with van der Waals surface area (Å²) in [5.74, 6) is 0.307. The fourth-order valence-corrected chi connectivity index (χ4v) is 3.19. The lowest BCUT2D eigenvalue weighted by Crippen LogP contribution is -2.12. The van der Waals surface area contributed by atoms with E-state index in [0.717, 1.165) is 16.5 Å². The largest absolute Gasteiger partial charge is 0.339 e. The summed E-state index contributed by atoms with van der Waals surface area (Å²) in [6.07, 6.45) is 2.07. The summed E-state index contributed by atoms with van der Waals surface area (Å²) in [5.41, 5.74) is 1.87. The molecule has 27 heavy (non-hydrogen) atoms. The second-order valence-corrected chi connectivity index (χ2v) is 6.89. The molecule has 3 aromatic heterocycles. The Kier molecular flexibility index (Phi) is 4.51. The number of carbonyl (C=O) groups is 1. The lowest BCUT2D eigenvalue weighted by Gasteiger charge is -2.01. The van der Waals surface area contributed by atoms with Crippen LogP contribution in [0, 0.1) is 6.92 Å². The van der Waals surface area contributed by atoms with Crippen molar-refractivity contribution >= 4 is 33.3 Å². The van der Waals surface area contributed by atoms with Crippen LogP contribution in [0.3, 0.4) is 0 Å². The van der Waals surface area contributed by atoms with Crippen LogP contribution in [0.25, 0.3) is 22.3 Å². The zero-order valence-electron chi connectivity index (χ0n) is 14.4. The number of aromatic nitrogens is 4. The molecule has 2 N–H and O–H groups in total. The Morgan fingerprint density at radius 3 is 3.04 bits per heavy atom. The third kappa shape index (κ3) is 3.77. The van der Waals surface area contributed by atoms with Crippen molar-refractivity contribution in [1.82, 2.24) is 20.1 Å². The Morgan fingerprint density at radius 2 is 2.22 bits per heavy atom. The number of thiazole rings is 1. The summed E-state index contributed by atoms with van der Waals surface area (Å²) < 4.78 is 5.19. The lowest BCUT2D eigenvalue weighted by molar-refractivity contribution is -0.116. The maximum atomic E-state index is 12.3. The summed E-state index contributed by atoms with van der Waals surface area (Å²) in [7, 11) is 0. The fourth-order valence-electron chi connectivity index (χ4n) is 2.65. The molecule has 3 heterocycles. The Hall–Kier alpha value is -3.33. The number of nitrogens with zero attached hydrogens (tertiary/aromatic N) is 3. The standard InChI is InChI=1S/C18H15N5O3S/c1-10-2-3-13-11(8-10)9-12(17(25)20-13)16-22-15(26-23-16)5-4-14(24)21-18-19-6-7-27-18/h2-3,6-9H,4-5H2,1H3,(H,20,25)(H,19,21,24). The summed E-state index contributed by atoms with van der Waals surface area (Å²) >= 11 is 1.35. The highest BCUT2D eigenvalue weighted by Crippen LogP contribution is 2.19. The molecular weight excluding hydrogens is 366 g/mol. The van der Waals surface area contributed by atoms with Crippen LogP contribution in [-0.4, -0.2) is 26.0 Å². The van der Waals surface area contributed by atoms with Gasteiger partial charge in [0.15, 0.2) is 5.13 Å². The van der Waals surface area contributed by atoms with Gasteiger partial charge in [-0.1, -0.05) is 16.8 Å². The molecule has 0 saturated carbocycles. The SMILES string of the molecule is Cc1ccc2[nH]c(=O)c(-c3noc(CCC(=O)Nc4nccs4)n3)cc2c1. The molecule has 4 aromatic rings. The number of H-pyrrole nitrogens is 1. The number of carbonyl (C=O) groups excluding carboxylic acids is 1. The Bertz CT molecular complexity index is 1160. The molecule has 1 aromatic carbocycles. The zero-order valence-corrected chi connectivity index (χ0v) is 15.2. The van der Waals surface area contributed by atoms with Gasteiger partial charge in [0.1, 0.15) is 0 Å². The number of nitrogens with one attached hydrogen (secondary N) is 2. The number of fused-ring (bicyclic) bond motifs is 1. The van der Waals surface area contributed by atoms with Crippen molar-refractivity contribution in [3.8, 4) is 11.4 Å². The molecule has 0 fully saturated rings. The first-order valence-electron chi connectivity index (χ1n) is 8.24. The first-order chi connectivity index (χ1) is 13.1. The third-order valence-corrected chi connectivity index (χ3v) is 4.64. The van der Waals surface area contributed by atoms with Gasteiger partial charge in [0.05, 0.1) is 5.56 Å². The summed E-state index contributed by atoms with van der Waals surface area (Å²) in [6.45, 7) is 1.98. The third-order valence-electron chi connectivity index (χ3n) is 3.95. The minimum Gasteiger partial charge on any atom is -0.339 e. The van der Waals surface area contributed by atoms with Crippen LogP contribution in [0.4, 0.5) is 5.13 Å².